The largest absolute Gasteiger partial charge is 0.469 e. The summed E-state index contributed by atoms with van der Waals surface area (Å²) in [7, 11) is -3.13. The van der Waals surface area contributed by atoms with Crippen molar-refractivity contribution in [3.63, 3.8) is 0 Å². The molecule has 7 N–H and O–H groups in total. The number of anilines is 2. The fraction of sp³-hybridized carbons (Fsp3) is 0.583. The molecule has 0 spiro atoms. The molecule has 1 aliphatic rings. The Morgan fingerprint density at radius 1 is 1.50 bits per heavy atom. The lowest BCUT2D eigenvalue weighted by Gasteiger charge is -2.27. The Balaban J connectivity index is 1.97. The SMILES string of the molecule is CNc1nc(N)nc2c1ncn2[C@@H]1O[C@H](COP(=O)(O)O)[C@@H](O)[C@@]1(C)O. The normalized spacial score (nSPS) is 29.4. The number of imidazole rings is 1. The van der Waals surface area contributed by atoms with Gasteiger partial charge in [-0.1, -0.05) is 0 Å². The van der Waals surface area contributed by atoms with E-state index in [0.717, 1.165) is 0 Å². The summed E-state index contributed by atoms with van der Waals surface area (Å²) in [6.45, 7) is 0.693. The number of nitrogens with one attached hydrogen (secondary N) is 1. The number of rotatable bonds is 5. The van der Waals surface area contributed by atoms with Crippen molar-refractivity contribution in [2.75, 3.05) is 24.7 Å². The number of fused-ring (bicyclic) bond motifs is 1. The van der Waals surface area contributed by atoms with E-state index in [0.29, 0.717) is 11.3 Å². The number of hydrogen-bond acceptors (Lipinski definition) is 10. The predicted octanol–water partition coefficient (Wildman–Crippen LogP) is -1.43. The van der Waals surface area contributed by atoms with Gasteiger partial charge in [0.25, 0.3) is 0 Å². The summed E-state index contributed by atoms with van der Waals surface area (Å²) in [6.07, 6.45) is -2.51. The highest BCUT2D eigenvalue weighted by Crippen LogP contribution is 2.42. The van der Waals surface area contributed by atoms with Crippen molar-refractivity contribution < 1.29 is 33.8 Å². The molecule has 1 saturated heterocycles. The number of hydrogen-bond donors (Lipinski definition) is 6. The van der Waals surface area contributed by atoms with Gasteiger partial charge < -0.3 is 35.8 Å². The molecule has 0 aliphatic carbocycles. The van der Waals surface area contributed by atoms with E-state index < -0.39 is 38.5 Å². The van der Waals surface area contributed by atoms with Crippen molar-refractivity contribution in [3.05, 3.63) is 6.33 Å². The van der Waals surface area contributed by atoms with Crippen LogP contribution < -0.4 is 11.1 Å². The van der Waals surface area contributed by atoms with Crippen molar-refractivity contribution in [1.29, 1.82) is 0 Å². The zero-order valence-electron chi connectivity index (χ0n) is 13.8. The van der Waals surface area contributed by atoms with Crippen LogP contribution in [0.15, 0.2) is 6.33 Å². The minimum absolute atomic E-state index is 0.0387. The van der Waals surface area contributed by atoms with E-state index in [1.165, 1.54) is 17.8 Å². The maximum Gasteiger partial charge on any atom is 0.469 e. The first-order valence-corrected chi connectivity index (χ1v) is 9.01. The quantitative estimate of drug-likeness (QED) is 0.326. The average molecular weight is 390 g/mol. The Bertz CT molecular complexity index is 867. The number of nitrogen functional groups attached to an aromatic ring is 1. The summed E-state index contributed by atoms with van der Waals surface area (Å²) in [5.41, 5.74) is 4.47. The molecule has 0 bridgehead atoms. The van der Waals surface area contributed by atoms with Crippen molar-refractivity contribution in [2.24, 2.45) is 0 Å². The van der Waals surface area contributed by atoms with Crippen molar-refractivity contribution in [2.45, 2.75) is 31.0 Å². The summed E-state index contributed by atoms with van der Waals surface area (Å²) in [5, 5.41) is 23.8. The monoisotopic (exact) mass is 390 g/mol. The maximum absolute atomic E-state index is 10.9. The van der Waals surface area contributed by atoms with E-state index in [4.69, 9.17) is 20.3 Å². The second-order valence-corrected chi connectivity index (χ2v) is 7.23. The first-order valence-electron chi connectivity index (χ1n) is 7.48. The van der Waals surface area contributed by atoms with Crippen LogP contribution in [0.2, 0.25) is 0 Å². The lowest BCUT2D eigenvalue weighted by atomic mass is 9.96. The van der Waals surface area contributed by atoms with Crippen LogP contribution >= 0.6 is 7.82 Å². The van der Waals surface area contributed by atoms with Crippen molar-refractivity contribution in [3.8, 4) is 0 Å². The zero-order valence-corrected chi connectivity index (χ0v) is 14.7. The molecular formula is C12H19N6O7P. The third kappa shape index (κ3) is 3.25. The van der Waals surface area contributed by atoms with Gasteiger partial charge in [-0.3, -0.25) is 9.09 Å². The Morgan fingerprint density at radius 2 is 2.19 bits per heavy atom. The van der Waals surface area contributed by atoms with Crippen LogP contribution in [0, 0.1) is 0 Å². The molecule has 0 saturated carbocycles. The number of phosphoric ester groups is 1. The number of phosphoric acid groups is 1. The van der Waals surface area contributed by atoms with Crippen LogP contribution in [-0.4, -0.2) is 71.0 Å². The summed E-state index contributed by atoms with van der Waals surface area (Å²) in [4.78, 5) is 29.9. The molecule has 2 aromatic heterocycles. The first-order chi connectivity index (χ1) is 12.0. The van der Waals surface area contributed by atoms with E-state index in [1.54, 1.807) is 7.05 Å². The van der Waals surface area contributed by atoms with Gasteiger partial charge in [0, 0.05) is 7.05 Å². The van der Waals surface area contributed by atoms with E-state index in [9.17, 15) is 14.8 Å². The molecule has 26 heavy (non-hydrogen) atoms. The summed E-state index contributed by atoms with van der Waals surface area (Å²) < 4.78 is 22.2. The number of nitrogens with two attached hydrogens (primary N) is 1. The molecule has 1 fully saturated rings. The third-order valence-electron chi connectivity index (χ3n) is 4.09. The number of ether oxygens (including phenoxy) is 1. The predicted molar refractivity (Wildman–Crippen MR) is 87.8 cm³/mol. The topological polar surface area (TPSA) is 198 Å². The van der Waals surface area contributed by atoms with Crippen molar-refractivity contribution in [1.82, 2.24) is 19.5 Å². The van der Waals surface area contributed by atoms with E-state index in [-0.39, 0.29) is 11.6 Å². The van der Waals surface area contributed by atoms with Crippen LogP contribution in [0.25, 0.3) is 11.2 Å². The lowest BCUT2D eigenvalue weighted by molar-refractivity contribution is -0.0949. The second kappa shape index (κ2) is 6.39. The van der Waals surface area contributed by atoms with Gasteiger partial charge in [0.15, 0.2) is 23.2 Å². The summed E-state index contributed by atoms with van der Waals surface area (Å²) in [5.74, 6) is 0.328. The fourth-order valence-electron chi connectivity index (χ4n) is 2.83. The highest BCUT2D eigenvalue weighted by molar-refractivity contribution is 7.46. The number of aromatic nitrogens is 4. The Kier molecular flexibility index (Phi) is 4.65. The van der Waals surface area contributed by atoms with Crippen LogP contribution in [-0.2, 0) is 13.8 Å². The first kappa shape index (κ1) is 18.9. The molecule has 1 aliphatic heterocycles. The fourth-order valence-corrected chi connectivity index (χ4v) is 3.17. The average Bonchev–Trinajstić information content (AvgIpc) is 3.04. The standard InChI is InChI=1S/C12H19N6O7P/c1-12(20)7(19)5(3-24-26(21,22)23)25-10(12)18-4-15-6-8(14-2)16-11(13)17-9(6)18/h4-5,7,10,19-20H,3H2,1-2H3,(H2,21,22,23)(H3,13,14,16,17)/t5-,7-,10-,12-/m1/s1. The van der Waals surface area contributed by atoms with Gasteiger partial charge in [-0.2, -0.15) is 9.97 Å². The summed E-state index contributed by atoms with van der Waals surface area (Å²) >= 11 is 0. The second-order valence-electron chi connectivity index (χ2n) is 5.99. The van der Waals surface area contributed by atoms with E-state index >= 15 is 0 Å². The van der Waals surface area contributed by atoms with Gasteiger partial charge in [0.2, 0.25) is 5.95 Å². The van der Waals surface area contributed by atoms with Crippen LogP contribution in [0.3, 0.4) is 0 Å². The Labute approximate surface area is 147 Å². The Hall–Kier alpha value is -1.86. The van der Waals surface area contributed by atoms with Gasteiger partial charge in [0.05, 0.1) is 12.9 Å². The third-order valence-corrected chi connectivity index (χ3v) is 4.58. The molecule has 144 valence electrons. The number of aliphatic hydroxyl groups excluding tert-OH is 1. The van der Waals surface area contributed by atoms with Gasteiger partial charge in [-0.15, -0.1) is 0 Å². The van der Waals surface area contributed by atoms with Crippen molar-refractivity contribution >= 4 is 30.8 Å². The zero-order chi connectivity index (χ0) is 19.3. The molecule has 3 rings (SSSR count). The molecule has 0 amide bonds. The molecule has 0 radical (unpaired) electrons. The minimum Gasteiger partial charge on any atom is -0.387 e. The molecule has 14 heteroatoms. The smallest absolute Gasteiger partial charge is 0.387 e. The highest BCUT2D eigenvalue weighted by atomic mass is 31.2. The molecule has 2 aromatic rings. The van der Waals surface area contributed by atoms with E-state index in [2.05, 4.69) is 24.8 Å². The molecule has 13 nitrogen and oxygen atoms in total. The van der Waals surface area contributed by atoms with Gasteiger partial charge in [0.1, 0.15) is 17.8 Å². The molecular weight excluding hydrogens is 371 g/mol. The molecule has 3 heterocycles. The molecule has 0 unspecified atom stereocenters. The van der Waals surface area contributed by atoms with Gasteiger partial charge in [-0.05, 0) is 6.92 Å². The highest BCUT2D eigenvalue weighted by Gasteiger charge is 2.54. The van der Waals surface area contributed by atoms with Gasteiger partial charge >= 0.3 is 7.82 Å². The minimum atomic E-state index is -4.76. The van der Waals surface area contributed by atoms with Crippen LogP contribution in [0.1, 0.15) is 13.2 Å². The number of nitrogens with zero attached hydrogens (tertiary/aromatic N) is 4. The van der Waals surface area contributed by atoms with E-state index in [1.807, 2.05) is 0 Å². The molecule has 4 atom stereocenters. The Morgan fingerprint density at radius 3 is 2.81 bits per heavy atom. The molecule has 0 aromatic carbocycles. The lowest BCUT2D eigenvalue weighted by Crippen LogP contribution is -2.44. The van der Waals surface area contributed by atoms with Crippen LogP contribution in [0.4, 0.5) is 11.8 Å². The maximum atomic E-state index is 10.9. The number of aliphatic hydroxyl groups is 2. The van der Waals surface area contributed by atoms with Crippen LogP contribution in [0.5, 0.6) is 0 Å². The summed E-state index contributed by atoms with van der Waals surface area (Å²) in [6, 6.07) is 0. The van der Waals surface area contributed by atoms with Gasteiger partial charge in [-0.25, -0.2) is 9.55 Å².